The molecule has 0 radical (unpaired) electrons. The molecule has 6 rings (SSSR count). The maximum atomic E-state index is 6.17. The summed E-state index contributed by atoms with van der Waals surface area (Å²) in [6.07, 6.45) is 9.49. The summed E-state index contributed by atoms with van der Waals surface area (Å²) in [5, 5.41) is 8.81. The van der Waals surface area contributed by atoms with Crippen LogP contribution in [-0.2, 0) is 11.3 Å². The van der Waals surface area contributed by atoms with Crippen LogP contribution in [0.5, 0.6) is 0 Å². The summed E-state index contributed by atoms with van der Waals surface area (Å²) in [6.45, 7) is 3.86. The lowest BCUT2D eigenvalue weighted by molar-refractivity contribution is -0.153. The average molecular weight is 347 g/mol. The molecule has 2 aliphatic heterocycles. The molecule has 26 heavy (non-hydrogen) atoms. The molecular formula is C22H25N3O. The Kier molecular flexibility index (Phi) is 3.86. The monoisotopic (exact) mass is 347 g/mol. The van der Waals surface area contributed by atoms with E-state index in [0.29, 0.717) is 5.92 Å². The molecule has 3 heterocycles. The van der Waals surface area contributed by atoms with Crippen molar-refractivity contribution >= 4 is 0 Å². The molecule has 2 saturated carbocycles. The van der Waals surface area contributed by atoms with E-state index in [2.05, 4.69) is 53.5 Å². The van der Waals surface area contributed by atoms with Crippen molar-refractivity contribution in [1.82, 2.24) is 15.0 Å². The molecule has 0 amide bonds. The first-order chi connectivity index (χ1) is 12.7. The summed E-state index contributed by atoms with van der Waals surface area (Å²) in [7, 11) is 0. The van der Waals surface area contributed by atoms with Gasteiger partial charge in [-0.25, -0.2) is 4.68 Å². The van der Waals surface area contributed by atoms with Crippen LogP contribution in [0.15, 0.2) is 24.4 Å². The largest absolute Gasteiger partial charge is 0.373 e. The molecule has 2 bridgehead atoms. The average Bonchev–Trinajstić information content (AvgIpc) is 3.40. The molecule has 1 aromatic heterocycles. The van der Waals surface area contributed by atoms with Gasteiger partial charge in [-0.1, -0.05) is 23.1 Å². The molecule has 1 aromatic carbocycles. The van der Waals surface area contributed by atoms with Gasteiger partial charge in [-0.3, -0.25) is 0 Å². The van der Waals surface area contributed by atoms with Crippen molar-refractivity contribution in [3.63, 3.8) is 0 Å². The smallest absolute Gasteiger partial charge is 0.113 e. The Bertz CT molecular complexity index is 863. The van der Waals surface area contributed by atoms with E-state index < -0.39 is 0 Å². The SMILES string of the molecule is Cc1cc(C#CC2CC2)ccc1-c1cn(CC23CCC(CC2)CO3)nn1. The molecule has 2 aromatic rings. The number of aryl methyl sites for hydroxylation is 1. The van der Waals surface area contributed by atoms with Crippen LogP contribution in [0.25, 0.3) is 11.3 Å². The zero-order valence-corrected chi connectivity index (χ0v) is 15.4. The number of rotatable bonds is 3. The molecule has 0 N–H and O–H groups in total. The summed E-state index contributed by atoms with van der Waals surface area (Å²) in [6, 6.07) is 6.39. The van der Waals surface area contributed by atoms with Crippen LogP contribution in [0.2, 0.25) is 0 Å². The molecule has 4 heteroatoms. The van der Waals surface area contributed by atoms with Gasteiger partial charge in [0.05, 0.1) is 24.9 Å². The van der Waals surface area contributed by atoms with Gasteiger partial charge in [0.25, 0.3) is 0 Å². The third-order valence-corrected chi connectivity index (χ3v) is 6.13. The number of nitrogens with zero attached hydrogens (tertiary/aromatic N) is 3. The van der Waals surface area contributed by atoms with Gasteiger partial charge in [-0.15, -0.1) is 5.10 Å². The summed E-state index contributed by atoms with van der Waals surface area (Å²) < 4.78 is 8.14. The quantitative estimate of drug-likeness (QED) is 0.789. The first-order valence-electron chi connectivity index (χ1n) is 9.86. The van der Waals surface area contributed by atoms with Crippen molar-refractivity contribution in [2.75, 3.05) is 6.61 Å². The number of benzene rings is 1. The lowest BCUT2D eigenvalue weighted by Gasteiger charge is -2.46. The number of hydrogen-bond acceptors (Lipinski definition) is 3. The highest BCUT2D eigenvalue weighted by Crippen LogP contribution is 2.42. The van der Waals surface area contributed by atoms with E-state index in [1.165, 1.54) is 31.2 Å². The highest BCUT2D eigenvalue weighted by molar-refractivity contribution is 5.64. The summed E-state index contributed by atoms with van der Waals surface area (Å²) in [5.41, 5.74) is 4.35. The predicted octanol–water partition coefficient (Wildman–Crippen LogP) is 3.97. The molecule has 134 valence electrons. The number of hydrogen-bond donors (Lipinski definition) is 0. The topological polar surface area (TPSA) is 39.9 Å². The minimum Gasteiger partial charge on any atom is -0.373 e. The molecular weight excluding hydrogens is 322 g/mol. The van der Waals surface area contributed by atoms with Crippen molar-refractivity contribution in [3.8, 4) is 23.1 Å². The van der Waals surface area contributed by atoms with Crippen LogP contribution >= 0.6 is 0 Å². The zero-order valence-electron chi connectivity index (χ0n) is 15.4. The fraction of sp³-hybridized carbons (Fsp3) is 0.545. The highest BCUT2D eigenvalue weighted by Gasteiger charge is 2.42. The van der Waals surface area contributed by atoms with Crippen molar-refractivity contribution < 1.29 is 4.74 Å². The van der Waals surface area contributed by atoms with Crippen LogP contribution in [-0.4, -0.2) is 27.2 Å². The molecule has 2 aliphatic carbocycles. The number of fused-ring (bicyclic) bond motifs is 3. The molecule has 4 fully saturated rings. The van der Waals surface area contributed by atoms with Gasteiger partial charge < -0.3 is 4.74 Å². The van der Waals surface area contributed by atoms with Gasteiger partial charge in [0.2, 0.25) is 0 Å². The summed E-state index contributed by atoms with van der Waals surface area (Å²) in [4.78, 5) is 0. The predicted molar refractivity (Wildman–Crippen MR) is 100 cm³/mol. The Morgan fingerprint density at radius 2 is 2.08 bits per heavy atom. The van der Waals surface area contributed by atoms with Gasteiger partial charge >= 0.3 is 0 Å². The minimum absolute atomic E-state index is 0.0168. The van der Waals surface area contributed by atoms with E-state index in [9.17, 15) is 0 Å². The second-order valence-corrected chi connectivity index (χ2v) is 8.31. The van der Waals surface area contributed by atoms with Crippen molar-refractivity contribution in [2.24, 2.45) is 11.8 Å². The summed E-state index contributed by atoms with van der Waals surface area (Å²) >= 11 is 0. The molecule has 4 nitrogen and oxygen atoms in total. The van der Waals surface area contributed by atoms with Gasteiger partial charge in [-0.05, 0) is 69.1 Å². The molecule has 0 atom stereocenters. The van der Waals surface area contributed by atoms with Gasteiger partial charge in [0.15, 0.2) is 0 Å². The first-order valence-corrected chi connectivity index (χ1v) is 9.86. The first kappa shape index (κ1) is 16.1. The van der Waals surface area contributed by atoms with E-state index in [0.717, 1.165) is 48.7 Å². The Morgan fingerprint density at radius 1 is 1.23 bits per heavy atom. The maximum Gasteiger partial charge on any atom is 0.113 e. The third-order valence-electron chi connectivity index (χ3n) is 6.13. The van der Waals surface area contributed by atoms with Gasteiger partial charge in [0, 0.05) is 17.0 Å². The third kappa shape index (κ3) is 3.17. The number of aromatic nitrogens is 3. The van der Waals surface area contributed by atoms with Gasteiger partial charge in [0.1, 0.15) is 5.69 Å². The summed E-state index contributed by atoms with van der Waals surface area (Å²) in [5.74, 6) is 8.04. The maximum absolute atomic E-state index is 6.17. The zero-order chi connectivity index (χ0) is 17.6. The Labute approximate surface area is 154 Å². The van der Waals surface area contributed by atoms with Gasteiger partial charge in [-0.2, -0.15) is 0 Å². The lowest BCUT2D eigenvalue weighted by Crippen LogP contribution is -2.47. The minimum atomic E-state index is -0.0168. The fourth-order valence-corrected chi connectivity index (χ4v) is 4.25. The van der Waals surface area contributed by atoms with E-state index in [1.807, 2.05) is 4.68 Å². The normalized spacial score (nSPS) is 27.2. The van der Waals surface area contributed by atoms with E-state index in [4.69, 9.17) is 4.74 Å². The standard InChI is InChI=1S/C22H25N3O/c1-16-12-18(5-4-17-2-3-17)6-7-20(16)21-13-25(24-23-21)15-22-10-8-19(9-11-22)14-26-22/h6-7,12-13,17,19H,2-3,8-11,14-15H2,1H3. The Balaban J connectivity index is 1.34. The number of ether oxygens (including phenoxy) is 1. The van der Waals surface area contributed by atoms with Crippen LogP contribution in [0, 0.1) is 30.6 Å². The van der Waals surface area contributed by atoms with E-state index >= 15 is 0 Å². The van der Waals surface area contributed by atoms with Crippen molar-refractivity contribution in [1.29, 1.82) is 0 Å². The van der Waals surface area contributed by atoms with Crippen LogP contribution in [0.4, 0.5) is 0 Å². The molecule has 0 unspecified atom stereocenters. The van der Waals surface area contributed by atoms with Crippen LogP contribution in [0.3, 0.4) is 0 Å². The van der Waals surface area contributed by atoms with Crippen molar-refractivity contribution in [2.45, 2.75) is 57.6 Å². The van der Waals surface area contributed by atoms with Crippen LogP contribution in [0.1, 0.15) is 49.7 Å². The molecule has 0 spiro atoms. The molecule has 4 aliphatic rings. The lowest BCUT2D eigenvalue weighted by atomic mass is 9.76. The fourth-order valence-electron chi connectivity index (χ4n) is 4.25. The van der Waals surface area contributed by atoms with Crippen LogP contribution < -0.4 is 0 Å². The Hall–Kier alpha value is -2.12. The highest BCUT2D eigenvalue weighted by atomic mass is 16.5. The van der Waals surface area contributed by atoms with E-state index in [-0.39, 0.29) is 5.60 Å². The molecule has 2 saturated heterocycles. The van der Waals surface area contributed by atoms with Crippen molar-refractivity contribution in [3.05, 3.63) is 35.5 Å². The second-order valence-electron chi connectivity index (χ2n) is 8.31. The second kappa shape index (κ2) is 6.25. The van der Waals surface area contributed by atoms with E-state index in [1.54, 1.807) is 0 Å². The Morgan fingerprint density at radius 3 is 2.77 bits per heavy atom.